The summed E-state index contributed by atoms with van der Waals surface area (Å²) in [6, 6.07) is 14.2. The molecule has 24 heavy (non-hydrogen) atoms. The molecule has 1 saturated heterocycles. The van der Waals surface area contributed by atoms with Crippen molar-refractivity contribution in [1.82, 2.24) is 15.1 Å². The number of nitrogens with zero attached hydrogens (tertiary/aromatic N) is 3. The van der Waals surface area contributed by atoms with Gasteiger partial charge in [-0.1, -0.05) is 31.0 Å². The van der Waals surface area contributed by atoms with Crippen molar-refractivity contribution >= 4 is 0 Å². The van der Waals surface area contributed by atoms with Crippen LogP contribution < -0.4 is 0 Å². The SMILES string of the molecule is c1ccc(-c2nnc(CN3CCCCC[C@@H]3c3ccco3)o2)cc1. The Morgan fingerprint density at radius 2 is 1.92 bits per heavy atom. The van der Waals surface area contributed by atoms with Gasteiger partial charge in [0.2, 0.25) is 11.8 Å². The van der Waals surface area contributed by atoms with Crippen molar-refractivity contribution in [3.63, 3.8) is 0 Å². The molecular formula is C19H21N3O2. The standard InChI is InChI=1S/C19H21N3O2/c1-3-8-15(9-4-1)19-21-20-18(24-19)14-22-12-6-2-5-10-16(22)17-11-7-13-23-17/h1,3-4,7-9,11,13,16H,2,5-6,10,12,14H2/t16-/m1/s1. The topological polar surface area (TPSA) is 55.3 Å². The first-order chi connectivity index (χ1) is 11.9. The number of furan rings is 1. The Hall–Kier alpha value is -2.40. The molecule has 3 aromatic rings. The van der Waals surface area contributed by atoms with Gasteiger partial charge in [0.1, 0.15) is 5.76 Å². The summed E-state index contributed by atoms with van der Waals surface area (Å²) in [5.41, 5.74) is 0.953. The van der Waals surface area contributed by atoms with Crippen LogP contribution in [0.15, 0.2) is 57.6 Å². The van der Waals surface area contributed by atoms with Gasteiger partial charge in [-0.05, 0) is 43.7 Å². The molecule has 0 amide bonds. The van der Waals surface area contributed by atoms with E-state index in [0.29, 0.717) is 18.3 Å². The van der Waals surface area contributed by atoms with Crippen molar-refractivity contribution in [2.24, 2.45) is 0 Å². The highest BCUT2D eigenvalue weighted by Crippen LogP contribution is 2.31. The van der Waals surface area contributed by atoms with E-state index in [0.717, 1.165) is 24.3 Å². The lowest BCUT2D eigenvalue weighted by molar-refractivity contribution is 0.155. The van der Waals surface area contributed by atoms with Gasteiger partial charge < -0.3 is 8.83 Å². The normalized spacial score (nSPS) is 19.2. The summed E-state index contributed by atoms with van der Waals surface area (Å²) in [5, 5.41) is 8.44. The molecule has 1 aliphatic heterocycles. The highest BCUT2D eigenvalue weighted by atomic mass is 16.4. The predicted molar refractivity (Wildman–Crippen MR) is 90.1 cm³/mol. The van der Waals surface area contributed by atoms with Gasteiger partial charge in [0.05, 0.1) is 18.8 Å². The summed E-state index contributed by atoms with van der Waals surface area (Å²) in [4.78, 5) is 2.40. The molecule has 0 N–H and O–H groups in total. The third-order valence-corrected chi connectivity index (χ3v) is 4.56. The van der Waals surface area contributed by atoms with Crippen LogP contribution in [0.5, 0.6) is 0 Å². The molecule has 0 unspecified atom stereocenters. The zero-order valence-electron chi connectivity index (χ0n) is 13.6. The lowest BCUT2D eigenvalue weighted by atomic mass is 10.1. The van der Waals surface area contributed by atoms with Gasteiger partial charge in [0.15, 0.2) is 0 Å². The van der Waals surface area contributed by atoms with Gasteiger partial charge in [-0.25, -0.2) is 0 Å². The molecule has 1 fully saturated rings. The number of benzene rings is 1. The number of likely N-dealkylation sites (tertiary alicyclic amines) is 1. The fourth-order valence-electron chi connectivity index (χ4n) is 3.35. The second-order valence-corrected chi connectivity index (χ2v) is 6.22. The predicted octanol–water partition coefficient (Wildman–Crippen LogP) is 4.45. The monoisotopic (exact) mass is 323 g/mol. The Kier molecular flexibility index (Phi) is 4.42. The van der Waals surface area contributed by atoms with Crippen molar-refractivity contribution in [1.29, 1.82) is 0 Å². The average molecular weight is 323 g/mol. The van der Waals surface area contributed by atoms with Crippen molar-refractivity contribution in [3.8, 4) is 11.5 Å². The first-order valence-corrected chi connectivity index (χ1v) is 8.55. The van der Waals surface area contributed by atoms with Gasteiger partial charge in [0, 0.05) is 5.56 Å². The third-order valence-electron chi connectivity index (χ3n) is 4.56. The molecule has 5 nitrogen and oxygen atoms in total. The van der Waals surface area contributed by atoms with E-state index in [2.05, 4.69) is 21.2 Å². The van der Waals surface area contributed by atoms with Gasteiger partial charge in [-0.3, -0.25) is 4.90 Å². The number of aromatic nitrogens is 2. The van der Waals surface area contributed by atoms with E-state index in [1.807, 2.05) is 36.4 Å². The lowest BCUT2D eigenvalue weighted by Gasteiger charge is -2.26. The molecule has 0 bridgehead atoms. The average Bonchev–Trinajstić information content (AvgIpc) is 3.26. The summed E-state index contributed by atoms with van der Waals surface area (Å²) in [5.74, 6) is 2.27. The van der Waals surface area contributed by atoms with Crippen LogP contribution >= 0.6 is 0 Å². The van der Waals surface area contributed by atoms with Crippen LogP contribution in [0.4, 0.5) is 0 Å². The quantitative estimate of drug-likeness (QED) is 0.710. The maximum Gasteiger partial charge on any atom is 0.247 e. The zero-order chi connectivity index (χ0) is 16.2. The van der Waals surface area contributed by atoms with Crippen molar-refractivity contribution in [2.75, 3.05) is 6.54 Å². The van der Waals surface area contributed by atoms with E-state index in [1.165, 1.54) is 19.3 Å². The molecule has 0 saturated carbocycles. The summed E-state index contributed by atoms with van der Waals surface area (Å²) in [7, 11) is 0. The molecule has 2 aromatic heterocycles. The van der Waals surface area contributed by atoms with E-state index >= 15 is 0 Å². The Morgan fingerprint density at radius 1 is 1.00 bits per heavy atom. The highest BCUT2D eigenvalue weighted by Gasteiger charge is 2.26. The third kappa shape index (κ3) is 3.26. The first kappa shape index (κ1) is 15.1. The molecule has 4 rings (SSSR count). The largest absolute Gasteiger partial charge is 0.468 e. The Labute approximate surface area is 141 Å². The van der Waals surface area contributed by atoms with Crippen molar-refractivity contribution in [3.05, 3.63) is 60.4 Å². The molecule has 0 radical (unpaired) electrons. The number of rotatable bonds is 4. The number of hydrogen-bond acceptors (Lipinski definition) is 5. The highest BCUT2D eigenvalue weighted by molar-refractivity contribution is 5.51. The first-order valence-electron chi connectivity index (χ1n) is 8.55. The van der Waals surface area contributed by atoms with Crippen LogP contribution in [-0.2, 0) is 6.54 Å². The molecular weight excluding hydrogens is 302 g/mol. The van der Waals surface area contributed by atoms with E-state index in [4.69, 9.17) is 8.83 Å². The van der Waals surface area contributed by atoms with Gasteiger partial charge >= 0.3 is 0 Å². The summed E-state index contributed by atoms with van der Waals surface area (Å²) in [6.07, 6.45) is 6.52. The molecule has 1 aliphatic rings. The van der Waals surface area contributed by atoms with Crippen LogP contribution in [0.25, 0.3) is 11.5 Å². The smallest absolute Gasteiger partial charge is 0.247 e. The fourth-order valence-corrected chi connectivity index (χ4v) is 3.35. The minimum absolute atomic E-state index is 0.287. The van der Waals surface area contributed by atoms with Crippen LogP contribution in [0.1, 0.15) is 43.4 Å². The minimum Gasteiger partial charge on any atom is -0.468 e. The summed E-state index contributed by atoms with van der Waals surface area (Å²) in [6.45, 7) is 1.68. The van der Waals surface area contributed by atoms with Crippen LogP contribution in [0.3, 0.4) is 0 Å². The van der Waals surface area contributed by atoms with E-state index < -0.39 is 0 Å². The van der Waals surface area contributed by atoms with E-state index in [-0.39, 0.29) is 6.04 Å². The van der Waals surface area contributed by atoms with Crippen molar-refractivity contribution < 1.29 is 8.83 Å². The summed E-state index contributed by atoms with van der Waals surface area (Å²) < 4.78 is 11.5. The second kappa shape index (κ2) is 7.01. The fraction of sp³-hybridized carbons (Fsp3) is 0.368. The number of hydrogen-bond donors (Lipinski definition) is 0. The van der Waals surface area contributed by atoms with E-state index in [9.17, 15) is 0 Å². The summed E-state index contributed by atoms with van der Waals surface area (Å²) >= 11 is 0. The van der Waals surface area contributed by atoms with Crippen molar-refractivity contribution in [2.45, 2.75) is 38.3 Å². The Bertz CT molecular complexity index is 752. The van der Waals surface area contributed by atoms with Gasteiger partial charge in [0.25, 0.3) is 0 Å². The maximum absolute atomic E-state index is 5.88. The second-order valence-electron chi connectivity index (χ2n) is 6.22. The molecule has 0 aliphatic carbocycles. The molecule has 1 aromatic carbocycles. The Balaban J connectivity index is 1.53. The molecule has 1 atom stereocenters. The molecule has 5 heteroatoms. The zero-order valence-corrected chi connectivity index (χ0v) is 13.6. The molecule has 0 spiro atoms. The van der Waals surface area contributed by atoms with Crippen LogP contribution in [0.2, 0.25) is 0 Å². The lowest BCUT2D eigenvalue weighted by Crippen LogP contribution is -2.28. The maximum atomic E-state index is 5.88. The molecule has 124 valence electrons. The molecule has 3 heterocycles. The van der Waals surface area contributed by atoms with Crippen LogP contribution in [0, 0.1) is 0 Å². The van der Waals surface area contributed by atoms with E-state index in [1.54, 1.807) is 6.26 Å². The van der Waals surface area contributed by atoms with Gasteiger partial charge in [-0.2, -0.15) is 0 Å². The minimum atomic E-state index is 0.287. The van der Waals surface area contributed by atoms with Crippen LogP contribution in [-0.4, -0.2) is 21.6 Å². The Morgan fingerprint density at radius 3 is 2.75 bits per heavy atom. The van der Waals surface area contributed by atoms with Gasteiger partial charge in [-0.15, -0.1) is 10.2 Å².